The van der Waals surface area contributed by atoms with Gasteiger partial charge in [0.1, 0.15) is 6.61 Å². The van der Waals surface area contributed by atoms with E-state index >= 15 is 0 Å². The third-order valence-corrected chi connectivity index (χ3v) is 4.09. The molecule has 0 aromatic heterocycles. The lowest BCUT2D eigenvalue weighted by atomic mass is 9.84. The number of halogens is 2. The number of Topliss-reactive ketones (excluding diaryl/α,β-unsaturated/α-hetero) is 1. The fourth-order valence-electron chi connectivity index (χ4n) is 2.80. The highest BCUT2D eigenvalue weighted by Gasteiger charge is 2.59. The molecule has 1 unspecified atom stereocenters. The van der Waals surface area contributed by atoms with Crippen molar-refractivity contribution in [3.05, 3.63) is 71.3 Å². The quantitative estimate of drug-likeness (QED) is 0.641. The molecule has 3 rings (SSSR count). The fourth-order valence-corrected chi connectivity index (χ4v) is 2.80. The molecule has 0 spiro atoms. The molecule has 0 amide bonds. The minimum absolute atomic E-state index is 0.141. The molecule has 2 aromatic rings. The van der Waals surface area contributed by atoms with Gasteiger partial charge in [-0.1, -0.05) is 54.6 Å². The van der Waals surface area contributed by atoms with Crippen LogP contribution in [0.25, 0.3) is 0 Å². The summed E-state index contributed by atoms with van der Waals surface area (Å²) in [5.41, 5.74) is -1.13. The molecule has 0 saturated carbocycles. The number of esters is 1. The molecular weight excluding hydrogens is 302 g/mol. The zero-order chi connectivity index (χ0) is 16.4. The van der Waals surface area contributed by atoms with Gasteiger partial charge in [-0.25, -0.2) is 8.78 Å². The van der Waals surface area contributed by atoms with Crippen molar-refractivity contribution in [2.75, 3.05) is 0 Å². The van der Waals surface area contributed by atoms with Crippen LogP contribution in [0.1, 0.15) is 21.5 Å². The van der Waals surface area contributed by atoms with Crippen molar-refractivity contribution in [3.63, 3.8) is 0 Å². The van der Waals surface area contributed by atoms with Crippen LogP contribution in [0.4, 0.5) is 8.78 Å². The number of hydrogen-bond donors (Lipinski definition) is 0. The summed E-state index contributed by atoms with van der Waals surface area (Å²) < 4.78 is 32.4. The Kier molecular flexibility index (Phi) is 3.94. The van der Waals surface area contributed by atoms with Crippen LogP contribution in [0.2, 0.25) is 0 Å². The Morgan fingerprint density at radius 2 is 1.74 bits per heavy atom. The first-order valence-corrected chi connectivity index (χ1v) is 7.17. The number of carbonyl (C=O) groups is 2. The van der Waals surface area contributed by atoms with Gasteiger partial charge in [-0.3, -0.25) is 9.59 Å². The largest absolute Gasteiger partial charge is 0.460 e. The van der Waals surface area contributed by atoms with Crippen LogP contribution < -0.4 is 0 Å². The molecule has 5 heteroatoms. The first kappa shape index (κ1) is 15.3. The van der Waals surface area contributed by atoms with E-state index in [1.165, 1.54) is 6.07 Å². The van der Waals surface area contributed by atoms with E-state index in [1.54, 1.807) is 48.5 Å². The SMILES string of the molecule is O=C(OCc1ccccc1)C1(C(F)F)Cc2ccccc2C1=O. The molecule has 1 aliphatic rings. The van der Waals surface area contributed by atoms with Gasteiger partial charge < -0.3 is 4.74 Å². The van der Waals surface area contributed by atoms with Crippen LogP contribution in [0.3, 0.4) is 0 Å². The summed E-state index contributed by atoms with van der Waals surface area (Å²) in [7, 11) is 0. The van der Waals surface area contributed by atoms with Gasteiger partial charge in [0, 0.05) is 12.0 Å². The number of ether oxygens (including phenoxy) is 1. The predicted molar refractivity (Wildman–Crippen MR) is 79.2 cm³/mol. The number of rotatable bonds is 4. The number of fused-ring (bicyclic) bond motifs is 1. The number of benzene rings is 2. The molecule has 0 aliphatic heterocycles. The molecule has 2 aromatic carbocycles. The van der Waals surface area contributed by atoms with Crippen LogP contribution in [-0.2, 0) is 22.6 Å². The van der Waals surface area contributed by atoms with Crippen LogP contribution in [-0.4, -0.2) is 18.2 Å². The van der Waals surface area contributed by atoms with E-state index in [1.807, 2.05) is 0 Å². The molecule has 0 bridgehead atoms. The molecule has 3 nitrogen and oxygen atoms in total. The topological polar surface area (TPSA) is 43.4 Å². The lowest BCUT2D eigenvalue weighted by Crippen LogP contribution is -2.45. The second-order valence-electron chi connectivity index (χ2n) is 5.50. The lowest BCUT2D eigenvalue weighted by Gasteiger charge is -2.24. The molecule has 0 fully saturated rings. The summed E-state index contributed by atoms with van der Waals surface area (Å²) in [6.45, 7) is -0.141. The highest BCUT2D eigenvalue weighted by Crippen LogP contribution is 2.42. The van der Waals surface area contributed by atoms with Gasteiger partial charge in [0.15, 0.2) is 11.2 Å². The number of ketones is 1. The average molecular weight is 316 g/mol. The smallest absolute Gasteiger partial charge is 0.326 e. The first-order chi connectivity index (χ1) is 11.1. The Labute approximate surface area is 131 Å². The van der Waals surface area contributed by atoms with Gasteiger partial charge in [0.25, 0.3) is 6.43 Å². The summed E-state index contributed by atoms with van der Waals surface area (Å²) in [6.07, 6.45) is -3.45. The monoisotopic (exact) mass is 316 g/mol. The normalized spacial score (nSPS) is 19.7. The van der Waals surface area contributed by atoms with Gasteiger partial charge in [-0.05, 0) is 11.1 Å². The van der Waals surface area contributed by atoms with E-state index in [-0.39, 0.29) is 18.6 Å². The van der Waals surface area contributed by atoms with Crippen molar-refractivity contribution in [2.45, 2.75) is 19.5 Å². The summed E-state index contributed by atoms with van der Waals surface area (Å²) in [6, 6.07) is 15.0. The summed E-state index contributed by atoms with van der Waals surface area (Å²) in [4.78, 5) is 24.8. The Balaban J connectivity index is 1.85. The highest BCUT2D eigenvalue weighted by atomic mass is 19.3. The maximum atomic E-state index is 13.7. The Morgan fingerprint density at radius 3 is 2.39 bits per heavy atom. The number of alkyl halides is 2. The van der Waals surface area contributed by atoms with Gasteiger partial charge in [-0.15, -0.1) is 0 Å². The maximum absolute atomic E-state index is 13.7. The second-order valence-corrected chi connectivity index (χ2v) is 5.50. The summed E-state index contributed by atoms with van der Waals surface area (Å²) in [5, 5.41) is 0. The highest BCUT2D eigenvalue weighted by molar-refractivity contribution is 6.16. The van der Waals surface area contributed by atoms with E-state index in [4.69, 9.17) is 4.74 Å². The summed E-state index contributed by atoms with van der Waals surface area (Å²) in [5.74, 6) is -2.03. The third-order valence-electron chi connectivity index (χ3n) is 4.09. The van der Waals surface area contributed by atoms with Crippen molar-refractivity contribution in [2.24, 2.45) is 5.41 Å². The zero-order valence-electron chi connectivity index (χ0n) is 12.2. The van der Waals surface area contributed by atoms with E-state index in [0.29, 0.717) is 11.1 Å². The van der Waals surface area contributed by atoms with Crippen molar-refractivity contribution in [3.8, 4) is 0 Å². The standard InChI is InChI=1S/C18H14F2O3/c19-16(20)18(10-13-8-4-5-9-14(13)15(18)21)17(22)23-11-12-6-2-1-3-7-12/h1-9,16H,10-11H2. The van der Waals surface area contributed by atoms with Crippen LogP contribution in [0.15, 0.2) is 54.6 Å². The third kappa shape index (κ3) is 2.52. The predicted octanol–water partition coefficient (Wildman–Crippen LogP) is 3.42. The van der Waals surface area contributed by atoms with Gasteiger partial charge in [0.2, 0.25) is 0 Å². The van der Waals surface area contributed by atoms with Crippen molar-refractivity contribution < 1.29 is 23.1 Å². The molecule has 0 heterocycles. The van der Waals surface area contributed by atoms with E-state index in [9.17, 15) is 18.4 Å². The minimum atomic E-state index is -3.12. The molecule has 0 radical (unpaired) electrons. The average Bonchev–Trinajstić information content (AvgIpc) is 2.88. The molecule has 118 valence electrons. The minimum Gasteiger partial charge on any atom is -0.460 e. The molecular formula is C18H14F2O3. The van der Waals surface area contributed by atoms with E-state index < -0.39 is 23.6 Å². The number of carbonyl (C=O) groups excluding carboxylic acids is 2. The zero-order valence-corrected chi connectivity index (χ0v) is 12.2. The van der Waals surface area contributed by atoms with Gasteiger partial charge >= 0.3 is 5.97 Å². The molecule has 0 N–H and O–H groups in total. The van der Waals surface area contributed by atoms with E-state index in [0.717, 1.165) is 0 Å². The summed E-state index contributed by atoms with van der Waals surface area (Å²) >= 11 is 0. The Hall–Kier alpha value is -2.56. The molecule has 1 aliphatic carbocycles. The Bertz CT molecular complexity index is 743. The fraction of sp³-hybridized carbons (Fsp3) is 0.222. The van der Waals surface area contributed by atoms with Crippen LogP contribution >= 0.6 is 0 Å². The first-order valence-electron chi connectivity index (χ1n) is 7.17. The second kappa shape index (κ2) is 5.91. The van der Waals surface area contributed by atoms with Crippen LogP contribution in [0.5, 0.6) is 0 Å². The maximum Gasteiger partial charge on any atom is 0.326 e. The molecule has 23 heavy (non-hydrogen) atoms. The Morgan fingerprint density at radius 1 is 1.09 bits per heavy atom. The number of hydrogen-bond acceptors (Lipinski definition) is 3. The molecule has 1 atom stereocenters. The van der Waals surface area contributed by atoms with Crippen molar-refractivity contribution in [1.29, 1.82) is 0 Å². The van der Waals surface area contributed by atoms with Crippen molar-refractivity contribution >= 4 is 11.8 Å². The van der Waals surface area contributed by atoms with Crippen LogP contribution in [0, 0.1) is 5.41 Å². The van der Waals surface area contributed by atoms with Crippen molar-refractivity contribution in [1.82, 2.24) is 0 Å². The molecule has 0 saturated heterocycles. The van der Waals surface area contributed by atoms with E-state index in [2.05, 4.69) is 0 Å². The van der Waals surface area contributed by atoms with Gasteiger partial charge in [0.05, 0.1) is 0 Å². The van der Waals surface area contributed by atoms with Gasteiger partial charge in [-0.2, -0.15) is 0 Å². The lowest BCUT2D eigenvalue weighted by molar-refractivity contribution is -0.161.